The Bertz CT molecular complexity index is 513. The van der Waals surface area contributed by atoms with E-state index in [2.05, 4.69) is 10.3 Å². The minimum absolute atomic E-state index is 0.107. The molecule has 0 radical (unpaired) electrons. The van der Waals surface area contributed by atoms with Crippen molar-refractivity contribution in [3.8, 4) is 0 Å². The number of nitrogens with two attached hydrogens (primary N) is 1. The van der Waals surface area contributed by atoms with Gasteiger partial charge in [0.1, 0.15) is 9.84 Å². The van der Waals surface area contributed by atoms with Gasteiger partial charge in [0, 0.05) is 18.5 Å². The second-order valence-corrected chi connectivity index (χ2v) is 6.11. The van der Waals surface area contributed by atoms with Crippen molar-refractivity contribution < 1.29 is 13.2 Å². The number of hydrogen-bond acceptors (Lipinski definition) is 5. The van der Waals surface area contributed by atoms with Gasteiger partial charge < -0.3 is 11.1 Å². The molecule has 17 heavy (non-hydrogen) atoms. The number of nitrogens with one attached hydrogen (secondary N) is 1. The summed E-state index contributed by atoms with van der Waals surface area (Å²) in [6.45, 7) is 1.62. The molecule has 0 aliphatic rings. The molecule has 1 heterocycles. The predicted molar refractivity (Wildman–Crippen MR) is 65.3 cm³/mol. The van der Waals surface area contributed by atoms with E-state index in [1.165, 1.54) is 18.5 Å². The molecular formula is C10H15N3O3S. The van der Waals surface area contributed by atoms with Gasteiger partial charge in [-0.3, -0.25) is 9.78 Å². The van der Waals surface area contributed by atoms with Crippen molar-refractivity contribution in [3.05, 3.63) is 24.0 Å². The van der Waals surface area contributed by atoms with E-state index in [4.69, 9.17) is 5.73 Å². The Morgan fingerprint density at radius 2 is 2.24 bits per heavy atom. The largest absolute Gasteiger partial charge is 0.397 e. The number of sulfone groups is 1. The Balaban J connectivity index is 2.71. The third kappa shape index (κ3) is 4.39. The van der Waals surface area contributed by atoms with E-state index in [1.54, 1.807) is 6.92 Å². The number of pyridine rings is 1. The Morgan fingerprint density at radius 1 is 1.59 bits per heavy atom. The van der Waals surface area contributed by atoms with Crippen LogP contribution in [0.3, 0.4) is 0 Å². The second-order valence-electron chi connectivity index (χ2n) is 3.93. The van der Waals surface area contributed by atoms with E-state index < -0.39 is 21.8 Å². The first kappa shape index (κ1) is 13.4. The summed E-state index contributed by atoms with van der Waals surface area (Å²) in [5.41, 5.74) is 6.14. The Kier molecular flexibility index (Phi) is 4.06. The number of carbonyl (C=O) groups excluding carboxylic acids is 1. The Labute approximate surface area is 100 Å². The van der Waals surface area contributed by atoms with Gasteiger partial charge in [-0.15, -0.1) is 0 Å². The molecule has 1 aromatic heterocycles. The highest BCUT2D eigenvalue weighted by molar-refractivity contribution is 7.90. The van der Waals surface area contributed by atoms with Crippen LogP contribution in [0.5, 0.6) is 0 Å². The van der Waals surface area contributed by atoms with Crippen LogP contribution in [-0.4, -0.2) is 37.4 Å². The summed E-state index contributed by atoms with van der Waals surface area (Å²) in [7, 11) is -3.12. The van der Waals surface area contributed by atoms with Crippen molar-refractivity contribution in [2.45, 2.75) is 13.0 Å². The topological polar surface area (TPSA) is 102 Å². The van der Waals surface area contributed by atoms with Crippen LogP contribution in [0.1, 0.15) is 17.3 Å². The van der Waals surface area contributed by atoms with Gasteiger partial charge in [-0.25, -0.2) is 8.42 Å². The van der Waals surface area contributed by atoms with Crippen molar-refractivity contribution >= 4 is 21.4 Å². The van der Waals surface area contributed by atoms with Gasteiger partial charge in [0.15, 0.2) is 0 Å². The lowest BCUT2D eigenvalue weighted by Crippen LogP contribution is -2.37. The fourth-order valence-electron chi connectivity index (χ4n) is 1.41. The lowest BCUT2D eigenvalue weighted by molar-refractivity contribution is 0.0944. The molecule has 1 rings (SSSR count). The molecule has 3 N–H and O–H groups in total. The smallest absolute Gasteiger partial charge is 0.253 e. The molecule has 6 nitrogen and oxygen atoms in total. The molecule has 1 amide bonds. The van der Waals surface area contributed by atoms with Gasteiger partial charge in [-0.1, -0.05) is 0 Å². The van der Waals surface area contributed by atoms with E-state index in [9.17, 15) is 13.2 Å². The maximum atomic E-state index is 11.7. The second kappa shape index (κ2) is 5.13. The van der Waals surface area contributed by atoms with Crippen molar-refractivity contribution in [2.75, 3.05) is 17.7 Å². The summed E-state index contributed by atoms with van der Waals surface area (Å²) in [6.07, 6.45) is 3.94. The van der Waals surface area contributed by atoms with Crippen LogP contribution >= 0.6 is 0 Å². The maximum absolute atomic E-state index is 11.7. The van der Waals surface area contributed by atoms with Gasteiger partial charge in [-0.05, 0) is 13.0 Å². The number of carbonyl (C=O) groups is 1. The molecule has 1 aromatic rings. The van der Waals surface area contributed by atoms with E-state index in [0.29, 0.717) is 5.56 Å². The number of hydrogen-bond donors (Lipinski definition) is 2. The summed E-state index contributed by atoms with van der Waals surface area (Å²) >= 11 is 0. The monoisotopic (exact) mass is 257 g/mol. The van der Waals surface area contributed by atoms with Crippen molar-refractivity contribution in [1.29, 1.82) is 0 Å². The standard InChI is InChI=1S/C10H15N3O3S/c1-7(6-17(2,15)16)13-10(14)8-3-4-12-5-9(8)11/h3-5,7H,6,11H2,1-2H3,(H,13,14). The number of aromatic nitrogens is 1. The zero-order valence-electron chi connectivity index (χ0n) is 9.67. The van der Waals surface area contributed by atoms with Crippen LogP contribution in [0, 0.1) is 0 Å². The van der Waals surface area contributed by atoms with Gasteiger partial charge in [0.05, 0.1) is 23.2 Å². The van der Waals surface area contributed by atoms with Crippen molar-refractivity contribution in [2.24, 2.45) is 0 Å². The van der Waals surface area contributed by atoms with E-state index in [-0.39, 0.29) is 11.4 Å². The van der Waals surface area contributed by atoms with Crippen LogP contribution in [0.4, 0.5) is 5.69 Å². The molecule has 0 aliphatic heterocycles. The summed E-state index contributed by atoms with van der Waals surface area (Å²) < 4.78 is 22.1. The lowest BCUT2D eigenvalue weighted by atomic mass is 10.2. The molecule has 1 atom stereocenters. The lowest BCUT2D eigenvalue weighted by Gasteiger charge is -2.13. The first-order valence-electron chi connectivity index (χ1n) is 4.97. The highest BCUT2D eigenvalue weighted by Gasteiger charge is 2.15. The molecule has 7 heteroatoms. The molecule has 0 aromatic carbocycles. The summed E-state index contributed by atoms with van der Waals surface area (Å²) in [5.74, 6) is -0.509. The third-order valence-electron chi connectivity index (χ3n) is 2.03. The minimum atomic E-state index is -3.12. The molecule has 94 valence electrons. The number of nitrogens with zero attached hydrogens (tertiary/aromatic N) is 1. The van der Waals surface area contributed by atoms with Gasteiger partial charge >= 0.3 is 0 Å². The Hall–Kier alpha value is -1.63. The zero-order chi connectivity index (χ0) is 13.1. The SMILES string of the molecule is CC(CS(C)(=O)=O)NC(=O)c1ccncc1N. The molecule has 0 fully saturated rings. The van der Waals surface area contributed by atoms with Crippen LogP contribution in [0.15, 0.2) is 18.5 Å². The van der Waals surface area contributed by atoms with Gasteiger partial charge in [0.25, 0.3) is 5.91 Å². The number of anilines is 1. The highest BCUT2D eigenvalue weighted by Crippen LogP contribution is 2.08. The predicted octanol–water partition coefficient (Wildman–Crippen LogP) is -0.173. The fourth-order valence-corrected chi connectivity index (χ4v) is 2.40. The molecule has 0 saturated heterocycles. The third-order valence-corrected chi connectivity index (χ3v) is 3.13. The molecular weight excluding hydrogens is 242 g/mol. The maximum Gasteiger partial charge on any atom is 0.253 e. The van der Waals surface area contributed by atoms with Crippen LogP contribution in [0.2, 0.25) is 0 Å². The van der Waals surface area contributed by atoms with Crippen molar-refractivity contribution in [1.82, 2.24) is 10.3 Å². The Morgan fingerprint density at radius 3 is 2.76 bits per heavy atom. The zero-order valence-corrected chi connectivity index (χ0v) is 10.5. The number of nitrogen functional groups attached to an aromatic ring is 1. The average molecular weight is 257 g/mol. The van der Waals surface area contributed by atoms with E-state index in [0.717, 1.165) is 6.26 Å². The summed E-state index contributed by atoms with van der Waals surface area (Å²) in [4.78, 5) is 15.5. The average Bonchev–Trinajstić information content (AvgIpc) is 2.14. The van der Waals surface area contributed by atoms with Crippen LogP contribution in [0.25, 0.3) is 0 Å². The summed E-state index contributed by atoms with van der Waals surface area (Å²) in [5, 5.41) is 2.57. The molecule has 0 spiro atoms. The molecule has 0 aliphatic carbocycles. The highest BCUT2D eigenvalue weighted by atomic mass is 32.2. The van der Waals surface area contributed by atoms with Crippen molar-refractivity contribution in [3.63, 3.8) is 0 Å². The van der Waals surface area contributed by atoms with E-state index in [1.807, 2.05) is 0 Å². The minimum Gasteiger partial charge on any atom is -0.397 e. The normalized spacial score (nSPS) is 13.1. The van der Waals surface area contributed by atoms with Gasteiger partial charge in [-0.2, -0.15) is 0 Å². The summed E-state index contributed by atoms with van der Waals surface area (Å²) in [6, 6.07) is 1.02. The number of amides is 1. The molecule has 1 unspecified atom stereocenters. The van der Waals surface area contributed by atoms with Crippen LogP contribution < -0.4 is 11.1 Å². The molecule has 0 bridgehead atoms. The first-order valence-corrected chi connectivity index (χ1v) is 7.03. The quantitative estimate of drug-likeness (QED) is 0.779. The van der Waals surface area contributed by atoms with Gasteiger partial charge in [0.2, 0.25) is 0 Å². The fraction of sp³-hybridized carbons (Fsp3) is 0.400. The van der Waals surface area contributed by atoms with Crippen LogP contribution in [-0.2, 0) is 9.84 Å². The number of rotatable bonds is 4. The molecule has 0 saturated carbocycles. The van der Waals surface area contributed by atoms with E-state index >= 15 is 0 Å². The first-order chi connectivity index (χ1) is 7.79.